The molecule has 4 heteroatoms. The molecule has 1 aliphatic rings. The van der Waals surface area contributed by atoms with Gasteiger partial charge in [-0.25, -0.2) is 0 Å². The monoisotopic (exact) mass is 259 g/mol. The van der Waals surface area contributed by atoms with E-state index in [-0.39, 0.29) is 11.6 Å². The minimum atomic E-state index is -0.331. The molecule has 1 aromatic carbocycles. The van der Waals surface area contributed by atoms with E-state index in [0.717, 1.165) is 18.7 Å². The molecule has 1 saturated heterocycles. The summed E-state index contributed by atoms with van der Waals surface area (Å²) in [5, 5.41) is 11.0. The van der Waals surface area contributed by atoms with Crippen molar-refractivity contribution in [3.05, 3.63) is 28.2 Å². The normalized spacial score (nSPS) is 23.8. The number of hydrogen-bond donors (Lipinski definition) is 1. The first-order valence-electron chi connectivity index (χ1n) is 5.34. The quantitative estimate of drug-likeness (QED) is 0.837. The van der Waals surface area contributed by atoms with Gasteiger partial charge in [-0.2, -0.15) is 0 Å². The topological polar surface area (TPSA) is 23.5 Å². The molecule has 1 aromatic rings. The van der Waals surface area contributed by atoms with Crippen molar-refractivity contribution in [2.75, 3.05) is 11.4 Å². The van der Waals surface area contributed by atoms with E-state index in [4.69, 9.17) is 23.2 Å². The first-order chi connectivity index (χ1) is 7.44. The molecule has 0 bridgehead atoms. The number of rotatable bonds is 1. The number of aliphatic hydroxyl groups excluding tert-OH is 1. The van der Waals surface area contributed by atoms with Crippen molar-refractivity contribution in [3.63, 3.8) is 0 Å². The van der Waals surface area contributed by atoms with Crippen LogP contribution in [-0.2, 0) is 0 Å². The maximum atomic E-state index is 9.93. The Kier molecular flexibility index (Phi) is 3.08. The van der Waals surface area contributed by atoms with E-state index in [0.29, 0.717) is 10.0 Å². The SMILES string of the molecule is CC1(C)C(O)CCN1c1cccc(Cl)c1Cl. The zero-order valence-electron chi connectivity index (χ0n) is 9.37. The van der Waals surface area contributed by atoms with Crippen LogP contribution in [0.1, 0.15) is 20.3 Å². The van der Waals surface area contributed by atoms with Crippen LogP contribution in [0.15, 0.2) is 18.2 Å². The third-order valence-corrected chi connectivity index (χ3v) is 4.17. The lowest BCUT2D eigenvalue weighted by molar-refractivity contribution is 0.127. The van der Waals surface area contributed by atoms with Crippen LogP contribution in [-0.4, -0.2) is 23.3 Å². The van der Waals surface area contributed by atoms with Crippen molar-refractivity contribution in [2.45, 2.75) is 31.9 Å². The van der Waals surface area contributed by atoms with Gasteiger partial charge in [0.25, 0.3) is 0 Å². The van der Waals surface area contributed by atoms with Crippen molar-refractivity contribution in [1.82, 2.24) is 0 Å². The Morgan fingerprint density at radius 2 is 2.06 bits per heavy atom. The molecule has 0 saturated carbocycles. The van der Waals surface area contributed by atoms with Gasteiger partial charge >= 0.3 is 0 Å². The molecule has 1 N–H and O–H groups in total. The van der Waals surface area contributed by atoms with Crippen LogP contribution in [0.25, 0.3) is 0 Å². The Bertz CT molecular complexity index is 406. The third kappa shape index (κ3) is 1.79. The molecule has 16 heavy (non-hydrogen) atoms. The summed E-state index contributed by atoms with van der Waals surface area (Å²) in [5.74, 6) is 0. The molecule has 0 amide bonds. The van der Waals surface area contributed by atoms with Gasteiger partial charge in [-0.15, -0.1) is 0 Å². The third-order valence-electron chi connectivity index (χ3n) is 3.36. The first kappa shape index (κ1) is 12.0. The molecule has 2 nitrogen and oxygen atoms in total. The van der Waals surface area contributed by atoms with Crippen LogP contribution in [0.2, 0.25) is 10.0 Å². The van der Waals surface area contributed by atoms with Crippen molar-refractivity contribution < 1.29 is 5.11 Å². The van der Waals surface area contributed by atoms with Gasteiger partial charge in [0.1, 0.15) is 0 Å². The molecule has 2 rings (SSSR count). The summed E-state index contributed by atoms with van der Waals surface area (Å²) in [6, 6.07) is 5.59. The van der Waals surface area contributed by atoms with Crippen molar-refractivity contribution >= 4 is 28.9 Å². The van der Waals surface area contributed by atoms with Crippen LogP contribution in [0.4, 0.5) is 5.69 Å². The number of nitrogens with zero attached hydrogens (tertiary/aromatic N) is 1. The smallest absolute Gasteiger partial charge is 0.0825 e. The second-order valence-electron chi connectivity index (χ2n) is 4.68. The van der Waals surface area contributed by atoms with E-state index < -0.39 is 0 Å². The Morgan fingerprint density at radius 3 is 2.62 bits per heavy atom. The van der Waals surface area contributed by atoms with Gasteiger partial charge in [0, 0.05) is 6.54 Å². The highest BCUT2D eigenvalue weighted by atomic mass is 35.5. The van der Waals surface area contributed by atoms with Crippen molar-refractivity contribution in [3.8, 4) is 0 Å². The zero-order valence-corrected chi connectivity index (χ0v) is 10.9. The molecule has 0 radical (unpaired) electrons. The Labute approximate surface area is 106 Å². The molecule has 1 fully saturated rings. The van der Waals surface area contributed by atoms with E-state index >= 15 is 0 Å². The fraction of sp³-hybridized carbons (Fsp3) is 0.500. The van der Waals surface area contributed by atoms with Gasteiger partial charge in [0.15, 0.2) is 0 Å². The zero-order chi connectivity index (χ0) is 11.9. The number of aliphatic hydroxyl groups is 1. The summed E-state index contributed by atoms with van der Waals surface area (Å²) >= 11 is 12.2. The maximum absolute atomic E-state index is 9.93. The van der Waals surface area contributed by atoms with E-state index in [1.165, 1.54) is 0 Å². The van der Waals surface area contributed by atoms with Gasteiger partial charge in [0.2, 0.25) is 0 Å². The Morgan fingerprint density at radius 1 is 1.38 bits per heavy atom. The minimum Gasteiger partial charge on any atom is -0.391 e. The van der Waals surface area contributed by atoms with Gasteiger partial charge in [-0.3, -0.25) is 0 Å². The Hall–Kier alpha value is -0.440. The van der Waals surface area contributed by atoms with Gasteiger partial charge in [-0.1, -0.05) is 29.3 Å². The van der Waals surface area contributed by atoms with Crippen LogP contribution in [0.3, 0.4) is 0 Å². The largest absolute Gasteiger partial charge is 0.391 e. The van der Waals surface area contributed by atoms with Crippen molar-refractivity contribution in [1.29, 1.82) is 0 Å². The van der Waals surface area contributed by atoms with Gasteiger partial charge in [0.05, 0.1) is 27.4 Å². The van der Waals surface area contributed by atoms with Crippen LogP contribution in [0, 0.1) is 0 Å². The number of anilines is 1. The van der Waals surface area contributed by atoms with Gasteiger partial charge < -0.3 is 10.0 Å². The summed E-state index contributed by atoms with van der Waals surface area (Å²) in [7, 11) is 0. The van der Waals surface area contributed by atoms with Gasteiger partial charge in [-0.05, 0) is 32.4 Å². The molecule has 1 atom stereocenters. The summed E-state index contributed by atoms with van der Waals surface area (Å²) in [6.07, 6.45) is 0.429. The van der Waals surface area contributed by atoms with E-state index in [1.54, 1.807) is 6.07 Å². The Balaban J connectivity index is 2.42. The second kappa shape index (κ2) is 4.10. The fourth-order valence-corrected chi connectivity index (χ4v) is 2.60. The summed E-state index contributed by atoms with van der Waals surface area (Å²) in [4.78, 5) is 2.12. The number of hydrogen-bond acceptors (Lipinski definition) is 2. The summed E-state index contributed by atoms with van der Waals surface area (Å²) in [5.41, 5.74) is 0.602. The minimum absolute atomic E-state index is 0.297. The second-order valence-corrected chi connectivity index (χ2v) is 5.47. The molecule has 0 aliphatic carbocycles. The number of benzene rings is 1. The van der Waals surface area contributed by atoms with Crippen LogP contribution >= 0.6 is 23.2 Å². The highest BCUT2D eigenvalue weighted by molar-refractivity contribution is 6.43. The maximum Gasteiger partial charge on any atom is 0.0825 e. The molecule has 88 valence electrons. The standard InChI is InChI=1S/C12H15Cl2NO/c1-12(2)10(16)6-7-15(12)9-5-3-4-8(13)11(9)14/h3-5,10,16H,6-7H2,1-2H3. The highest BCUT2D eigenvalue weighted by Gasteiger charge is 2.41. The van der Waals surface area contributed by atoms with Crippen LogP contribution < -0.4 is 4.90 Å². The lowest BCUT2D eigenvalue weighted by Gasteiger charge is -2.36. The average molecular weight is 260 g/mol. The molecule has 0 aromatic heterocycles. The first-order valence-corrected chi connectivity index (χ1v) is 6.10. The average Bonchev–Trinajstić information content (AvgIpc) is 2.48. The van der Waals surface area contributed by atoms with E-state index in [9.17, 15) is 5.11 Å². The fourth-order valence-electron chi connectivity index (χ4n) is 2.20. The van der Waals surface area contributed by atoms with E-state index in [2.05, 4.69) is 4.90 Å². The summed E-state index contributed by atoms with van der Waals surface area (Å²) in [6.45, 7) is 4.83. The lowest BCUT2D eigenvalue weighted by Crippen LogP contribution is -2.45. The molecule has 1 unspecified atom stereocenters. The molecular weight excluding hydrogens is 245 g/mol. The van der Waals surface area contributed by atoms with Crippen LogP contribution in [0.5, 0.6) is 0 Å². The van der Waals surface area contributed by atoms with Crippen molar-refractivity contribution in [2.24, 2.45) is 0 Å². The predicted octanol–water partition coefficient (Wildman–Crippen LogP) is 3.34. The highest BCUT2D eigenvalue weighted by Crippen LogP contribution is 2.40. The molecule has 1 aliphatic heterocycles. The van der Waals surface area contributed by atoms with E-state index in [1.807, 2.05) is 26.0 Å². The lowest BCUT2D eigenvalue weighted by atomic mass is 9.98. The molecule has 0 spiro atoms. The number of halogens is 2. The summed E-state index contributed by atoms with van der Waals surface area (Å²) < 4.78 is 0. The predicted molar refractivity (Wildman–Crippen MR) is 68.5 cm³/mol. The molecule has 1 heterocycles. The molecular formula is C12H15Cl2NO.